The molecule has 0 saturated carbocycles. The number of fused-ring (bicyclic) bond motifs is 1. The van der Waals surface area contributed by atoms with Crippen LogP contribution >= 0.6 is 0 Å². The Bertz CT molecular complexity index is 903. The van der Waals surface area contributed by atoms with E-state index >= 15 is 0 Å². The molecule has 2 atom stereocenters. The maximum absolute atomic E-state index is 13.1. The van der Waals surface area contributed by atoms with E-state index in [1.54, 1.807) is 40.3 Å². The van der Waals surface area contributed by atoms with Crippen molar-refractivity contribution < 1.29 is 18.8 Å². The smallest absolute Gasteiger partial charge is 0.255 e. The van der Waals surface area contributed by atoms with Crippen molar-refractivity contribution in [1.29, 1.82) is 0 Å². The molecule has 0 radical (unpaired) electrons. The third kappa shape index (κ3) is 3.45. The lowest BCUT2D eigenvalue weighted by atomic mass is 9.98. The molecular formula is C20H19FN4O3. The van der Waals surface area contributed by atoms with Crippen molar-refractivity contribution in [2.24, 2.45) is 0 Å². The molecule has 2 saturated heterocycles. The van der Waals surface area contributed by atoms with E-state index in [9.17, 15) is 18.8 Å². The first-order valence-corrected chi connectivity index (χ1v) is 9.07. The highest BCUT2D eigenvalue weighted by molar-refractivity contribution is 5.99. The number of rotatable bonds is 3. The molecule has 1 aromatic heterocycles. The summed E-state index contributed by atoms with van der Waals surface area (Å²) in [5, 5.41) is 2.75. The van der Waals surface area contributed by atoms with Crippen LogP contribution in [0.1, 0.15) is 15.9 Å². The Kier molecular flexibility index (Phi) is 4.77. The molecule has 2 fully saturated rings. The molecule has 8 heteroatoms. The zero-order valence-electron chi connectivity index (χ0n) is 15.0. The molecular weight excluding hydrogens is 363 g/mol. The number of nitrogens with zero attached hydrogens (tertiary/aromatic N) is 3. The first-order chi connectivity index (χ1) is 13.5. The van der Waals surface area contributed by atoms with E-state index in [0.29, 0.717) is 25.1 Å². The van der Waals surface area contributed by atoms with Gasteiger partial charge in [0.05, 0.1) is 12.1 Å². The Morgan fingerprint density at radius 1 is 1.18 bits per heavy atom. The zero-order chi connectivity index (χ0) is 19.7. The predicted octanol–water partition coefficient (Wildman–Crippen LogP) is 0.615. The summed E-state index contributed by atoms with van der Waals surface area (Å²) in [6, 6.07) is 7.83. The topological polar surface area (TPSA) is 82.6 Å². The largest absolute Gasteiger partial charge is 0.342 e. The maximum atomic E-state index is 13.1. The minimum absolute atomic E-state index is 0.147. The summed E-state index contributed by atoms with van der Waals surface area (Å²) in [6.07, 6.45) is 3.37. The van der Waals surface area contributed by atoms with Gasteiger partial charge in [-0.05, 0) is 29.8 Å². The second-order valence-electron chi connectivity index (χ2n) is 6.93. The van der Waals surface area contributed by atoms with E-state index in [1.807, 2.05) is 0 Å². The first-order valence-electron chi connectivity index (χ1n) is 9.07. The Morgan fingerprint density at radius 2 is 1.96 bits per heavy atom. The molecule has 3 amide bonds. The minimum atomic E-state index is -0.702. The van der Waals surface area contributed by atoms with Crippen LogP contribution < -0.4 is 5.32 Å². The Balaban J connectivity index is 1.45. The molecule has 144 valence electrons. The van der Waals surface area contributed by atoms with Crippen LogP contribution in [0.15, 0.2) is 48.8 Å². The Hall–Kier alpha value is -3.29. The second-order valence-corrected chi connectivity index (χ2v) is 6.93. The second kappa shape index (κ2) is 7.38. The van der Waals surface area contributed by atoms with E-state index in [2.05, 4.69) is 10.3 Å². The molecule has 0 spiro atoms. The molecule has 7 nitrogen and oxygen atoms in total. The summed E-state index contributed by atoms with van der Waals surface area (Å²) in [5.41, 5.74) is 1.22. The van der Waals surface area contributed by atoms with Crippen LogP contribution in [0.2, 0.25) is 0 Å². The third-order valence-electron chi connectivity index (χ3n) is 5.13. The van der Waals surface area contributed by atoms with Gasteiger partial charge >= 0.3 is 0 Å². The summed E-state index contributed by atoms with van der Waals surface area (Å²) in [5.74, 6) is -1.02. The summed E-state index contributed by atoms with van der Waals surface area (Å²) in [4.78, 5) is 45.1. The lowest BCUT2D eigenvalue weighted by Gasteiger charge is -2.45. The van der Waals surface area contributed by atoms with Gasteiger partial charge < -0.3 is 15.1 Å². The summed E-state index contributed by atoms with van der Waals surface area (Å²) in [6.45, 7) is 0.796. The number of hydrogen-bond acceptors (Lipinski definition) is 4. The summed E-state index contributed by atoms with van der Waals surface area (Å²) in [7, 11) is 0. The predicted molar refractivity (Wildman–Crippen MR) is 97.7 cm³/mol. The number of aromatic nitrogens is 1. The van der Waals surface area contributed by atoms with E-state index in [4.69, 9.17) is 0 Å². The van der Waals surface area contributed by atoms with Crippen LogP contribution in [0, 0.1) is 5.82 Å². The number of hydrogen-bond donors (Lipinski definition) is 1. The van der Waals surface area contributed by atoms with E-state index in [0.717, 1.165) is 5.56 Å². The molecule has 4 rings (SSSR count). The van der Waals surface area contributed by atoms with Crippen LogP contribution in [-0.2, 0) is 16.0 Å². The van der Waals surface area contributed by atoms with Crippen LogP contribution in [0.3, 0.4) is 0 Å². The summed E-state index contributed by atoms with van der Waals surface area (Å²) < 4.78 is 13.1. The van der Waals surface area contributed by atoms with Gasteiger partial charge in [-0.1, -0.05) is 12.1 Å². The van der Waals surface area contributed by atoms with Crippen molar-refractivity contribution in [1.82, 2.24) is 20.1 Å². The number of pyridine rings is 1. The molecule has 2 aliphatic rings. The lowest BCUT2D eigenvalue weighted by Crippen LogP contribution is -2.70. The minimum Gasteiger partial charge on any atom is -0.342 e. The average Bonchev–Trinajstić information content (AvgIpc) is 2.73. The molecule has 3 heterocycles. The maximum Gasteiger partial charge on any atom is 0.255 e. The molecule has 1 aromatic carbocycles. The highest BCUT2D eigenvalue weighted by Crippen LogP contribution is 2.20. The average molecular weight is 382 g/mol. The fourth-order valence-electron chi connectivity index (χ4n) is 3.65. The van der Waals surface area contributed by atoms with Crippen LogP contribution in [0.5, 0.6) is 0 Å². The van der Waals surface area contributed by atoms with Gasteiger partial charge in [0, 0.05) is 31.9 Å². The van der Waals surface area contributed by atoms with Crippen molar-refractivity contribution in [3.8, 4) is 0 Å². The number of carbonyl (C=O) groups is 3. The Labute approximate surface area is 161 Å². The molecule has 2 aliphatic heterocycles. The van der Waals surface area contributed by atoms with Crippen LogP contribution in [-0.4, -0.2) is 64.2 Å². The summed E-state index contributed by atoms with van der Waals surface area (Å²) >= 11 is 0. The number of piperazine rings is 2. The number of halogens is 1. The fourth-order valence-corrected chi connectivity index (χ4v) is 3.65. The van der Waals surface area contributed by atoms with E-state index in [-0.39, 0.29) is 30.1 Å². The molecule has 0 aliphatic carbocycles. The van der Waals surface area contributed by atoms with Gasteiger partial charge in [0.25, 0.3) is 5.91 Å². The van der Waals surface area contributed by atoms with Gasteiger partial charge in [-0.3, -0.25) is 19.4 Å². The van der Waals surface area contributed by atoms with E-state index < -0.39 is 12.1 Å². The van der Waals surface area contributed by atoms with Gasteiger partial charge in [-0.2, -0.15) is 0 Å². The zero-order valence-corrected chi connectivity index (χ0v) is 15.0. The normalized spacial score (nSPS) is 21.9. The number of benzene rings is 1. The molecule has 1 N–H and O–H groups in total. The van der Waals surface area contributed by atoms with Crippen molar-refractivity contribution in [3.05, 3.63) is 65.7 Å². The quantitative estimate of drug-likeness (QED) is 0.844. The highest BCUT2D eigenvalue weighted by Gasteiger charge is 2.44. The SMILES string of the molecule is O=C1NC(Cc2ccc(F)cc2)C(=O)N2CCN(C(=O)c3cccnc3)CC12. The molecule has 28 heavy (non-hydrogen) atoms. The standard InChI is InChI=1S/C20H19FN4O3/c21-15-5-3-13(4-6-15)10-16-20(28)25-9-8-24(12-17(25)18(26)23-16)19(27)14-2-1-7-22-11-14/h1-7,11,16-17H,8-10,12H2,(H,23,26). The van der Waals surface area contributed by atoms with Crippen molar-refractivity contribution in [2.45, 2.75) is 18.5 Å². The van der Waals surface area contributed by atoms with Crippen LogP contribution in [0.25, 0.3) is 0 Å². The van der Waals surface area contributed by atoms with Crippen LogP contribution in [0.4, 0.5) is 4.39 Å². The van der Waals surface area contributed by atoms with Gasteiger partial charge in [0.2, 0.25) is 11.8 Å². The first kappa shape index (κ1) is 18.1. The fraction of sp³-hybridized carbons (Fsp3) is 0.300. The van der Waals surface area contributed by atoms with Crippen molar-refractivity contribution >= 4 is 17.7 Å². The van der Waals surface area contributed by atoms with Gasteiger partial charge in [-0.25, -0.2) is 4.39 Å². The monoisotopic (exact) mass is 382 g/mol. The highest BCUT2D eigenvalue weighted by atomic mass is 19.1. The number of carbonyl (C=O) groups excluding carboxylic acids is 3. The number of amides is 3. The van der Waals surface area contributed by atoms with E-state index in [1.165, 1.54) is 18.3 Å². The van der Waals surface area contributed by atoms with Gasteiger partial charge in [0.1, 0.15) is 17.9 Å². The molecule has 2 aromatic rings. The lowest BCUT2D eigenvalue weighted by molar-refractivity contribution is -0.152. The van der Waals surface area contributed by atoms with Crippen molar-refractivity contribution in [3.63, 3.8) is 0 Å². The molecule has 2 unspecified atom stereocenters. The van der Waals surface area contributed by atoms with Gasteiger partial charge in [-0.15, -0.1) is 0 Å². The number of nitrogens with one attached hydrogen (secondary N) is 1. The molecule has 0 bridgehead atoms. The van der Waals surface area contributed by atoms with Crippen molar-refractivity contribution in [2.75, 3.05) is 19.6 Å². The Morgan fingerprint density at radius 3 is 2.68 bits per heavy atom. The van der Waals surface area contributed by atoms with Gasteiger partial charge in [0.15, 0.2) is 0 Å². The third-order valence-corrected chi connectivity index (χ3v) is 5.13.